The summed E-state index contributed by atoms with van der Waals surface area (Å²) in [6, 6.07) is 8.23. The summed E-state index contributed by atoms with van der Waals surface area (Å²) in [6.45, 7) is 4.32. The Kier molecular flexibility index (Phi) is 5.80. The van der Waals surface area contributed by atoms with Crippen molar-refractivity contribution in [3.8, 4) is 0 Å². The Morgan fingerprint density at radius 1 is 1.26 bits per heavy atom. The number of carboxylic acid groups (broad SMARTS) is 1. The Bertz CT molecular complexity index is 561. The van der Waals surface area contributed by atoms with Crippen molar-refractivity contribution in [1.82, 2.24) is 5.32 Å². The molecule has 2 N–H and O–H groups in total. The van der Waals surface area contributed by atoms with Crippen LogP contribution in [0.1, 0.15) is 56.6 Å². The molecular formula is C19H27NO3. The number of carbonyl (C=O) groups is 2. The summed E-state index contributed by atoms with van der Waals surface area (Å²) in [7, 11) is 0. The summed E-state index contributed by atoms with van der Waals surface area (Å²) in [5.74, 6) is -0.826. The molecule has 0 spiro atoms. The van der Waals surface area contributed by atoms with Gasteiger partial charge in [-0.1, -0.05) is 56.0 Å². The average Bonchev–Trinajstić information content (AvgIpc) is 2.52. The maximum absolute atomic E-state index is 13.0. The molecule has 1 atom stereocenters. The van der Waals surface area contributed by atoms with E-state index in [9.17, 15) is 9.59 Å². The molecule has 1 fully saturated rings. The van der Waals surface area contributed by atoms with Crippen molar-refractivity contribution in [3.63, 3.8) is 0 Å². The first kappa shape index (κ1) is 17.5. The molecule has 23 heavy (non-hydrogen) atoms. The molecule has 0 radical (unpaired) electrons. The van der Waals surface area contributed by atoms with E-state index >= 15 is 0 Å². The third-order valence-electron chi connectivity index (χ3n) is 4.85. The lowest BCUT2D eigenvalue weighted by Gasteiger charge is -2.37. The summed E-state index contributed by atoms with van der Waals surface area (Å²) in [6.07, 6.45) is 5.12. The molecular weight excluding hydrogens is 290 g/mol. The van der Waals surface area contributed by atoms with Crippen LogP contribution in [0.2, 0.25) is 0 Å². The molecule has 1 amide bonds. The van der Waals surface area contributed by atoms with E-state index in [-0.39, 0.29) is 18.2 Å². The van der Waals surface area contributed by atoms with E-state index in [2.05, 4.69) is 17.4 Å². The Labute approximate surface area is 138 Å². The van der Waals surface area contributed by atoms with Gasteiger partial charge in [0.2, 0.25) is 5.91 Å². The number of carbonyl (C=O) groups excluding carboxylic acids is 1. The monoisotopic (exact) mass is 317 g/mol. The van der Waals surface area contributed by atoms with Crippen molar-refractivity contribution in [3.05, 3.63) is 35.4 Å². The van der Waals surface area contributed by atoms with Crippen LogP contribution in [0.25, 0.3) is 0 Å². The van der Waals surface area contributed by atoms with Crippen LogP contribution in [0.3, 0.4) is 0 Å². The molecule has 0 saturated heterocycles. The average molecular weight is 317 g/mol. The minimum atomic E-state index is -0.821. The molecule has 2 rings (SSSR count). The number of nitrogens with one attached hydrogen (secondary N) is 1. The van der Waals surface area contributed by atoms with Gasteiger partial charge in [0.05, 0.1) is 5.41 Å². The van der Waals surface area contributed by atoms with Crippen LogP contribution in [0.4, 0.5) is 0 Å². The molecule has 1 aromatic carbocycles. The number of rotatable bonds is 6. The van der Waals surface area contributed by atoms with Gasteiger partial charge in [-0.25, -0.2) is 0 Å². The van der Waals surface area contributed by atoms with E-state index < -0.39 is 11.4 Å². The number of carboxylic acids is 1. The van der Waals surface area contributed by atoms with Gasteiger partial charge in [-0.2, -0.15) is 0 Å². The van der Waals surface area contributed by atoms with Crippen molar-refractivity contribution in [2.24, 2.45) is 5.92 Å². The number of aliphatic carboxylic acids is 1. The Hall–Kier alpha value is -1.84. The zero-order valence-corrected chi connectivity index (χ0v) is 14.1. The highest BCUT2D eigenvalue weighted by molar-refractivity contribution is 5.88. The van der Waals surface area contributed by atoms with Gasteiger partial charge in [-0.15, -0.1) is 0 Å². The molecule has 4 nitrogen and oxygen atoms in total. The van der Waals surface area contributed by atoms with Crippen molar-refractivity contribution in [1.29, 1.82) is 0 Å². The highest BCUT2D eigenvalue weighted by Crippen LogP contribution is 2.40. The van der Waals surface area contributed by atoms with Gasteiger partial charge in [-0.3, -0.25) is 9.59 Å². The van der Waals surface area contributed by atoms with Crippen molar-refractivity contribution in [2.45, 2.75) is 57.8 Å². The fourth-order valence-corrected chi connectivity index (χ4v) is 3.55. The second-order valence-corrected chi connectivity index (χ2v) is 6.93. The highest BCUT2D eigenvalue weighted by atomic mass is 16.4. The normalized spacial score (nSPS) is 18.2. The SMILES string of the molecule is Cc1cccc(C2(C(=O)NCC(C)CC(=O)O)CCCCC2)c1. The van der Waals surface area contributed by atoms with Gasteiger partial charge in [0.15, 0.2) is 0 Å². The van der Waals surface area contributed by atoms with Crippen molar-refractivity contribution < 1.29 is 14.7 Å². The predicted molar refractivity (Wildman–Crippen MR) is 90.4 cm³/mol. The van der Waals surface area contributed by atoms with E-state index in [1.165, 1.54) is 12.0 Å². The largest absolute Gasteiger partial charge is 0.481 e. The lowest BCUT2D eigenvalue weighted by Crippen LogP contribution is -2.47. The van der Waals surface area contributed by atoms with Gasteiger partial charge in [0, 0.05) is 13.0 Å². The molecule has 0 bridgehead atoms. The van der Waals surface area contributed by atoms with E-state index in [0.29, 0.717) is 6.54 Å². The fourth-order valence-electron chi connectivity index (χ4n) is 3.55. The van der Waals surface area contributed by atoms with Gasteiger partial charge in [-0.05, 0) is 31.2 Å². The van der Waals surface area contributed by atoms with Crippen LogP contribution < -0.4 is 5.32 Å². The second kappa shape index (κ2) is 7.62. The summed E-state index contributed by atoms with van der Waals surface area (Å²) < 4.78 is 0. The van der Waals surface area contributed by atoms with E-state index in [1.54, 1.807) is 0 Å². The molecule has 1 unspecified atom stereocenters. The summed E-state index contributed by atoms with van der Waals surface area (Å²) in [5, 5.41) is 11.9. The van der Waals surface area contributed by atoms with Crippen LogP contribution in [0.5, 0.6) is 0 Å². The number of hydrogen-bond donors (Lipinski definition) is 2. The molecule has 1 saturated carbocycles. The summed E-state index contributed by atoms with van der Waals surface area (Å²) in [4.78, 5) is 23.7. The molecule has 1 aromatic rings. The van der Waals surface area contributed by atoms with Crippen molar-refractivity contribution in [2.75, 3.05) is 6.54 Å². The van der Waals surface area contributed by atoms with Gasteiger partial charge >= 0.3 is 5.97 Å². The molecule has 1 aliphatic carbocycles. The first-order chi connectivity index (χ1) is 10.9. The topological polar surface area (TPSA) is 66.4 Å². The number of amides is 1. The van der Waals surface area contributed by atoms with Gasteiger partial charge in [0.1, 0.15) is 0 Å². The Balaban J connectivity index is 2.14. The van der Waals surface area contributed by atoms with Gasteiger partial charge < -0.3 is 10.4 Å². The summed E-state index contributed by atoms with van der Waals surface area (Å²) in [5.41, 5.74) is 1.81. The zero-order chi connectivity index (χ0) is 16.9. The molecule has 0 aromatic heterocycles. The third kappa shape index (κ3) is 4.34. The molecule has 0 heterocycles. The third-order valence-corrected chi connectivity index (χ3v) is 4.85. The van der Waals surface area contributed by atoms with E-state index in [1.807, 2.05) is 26.0 Å². The maximum atomic E-state index is 13.0. The lowest BCUT2D eigenvalue weighted by atomic mass is 9.68. The highest BCUT2D eigenvalue weighted by Gasteiger charge is 2.41. The van der Waals surface area contributed by atoms with Crippen molar-refractivity contribution >= 4 is 11.9 Å². The lowest BCUT2D eigenvalue weighted by molar-refractivity contribution is -0.138. The number of hydrogen-bond acceptors (Lipinski definition) is 2. The number of benzene rings is 1. The minimum Gasteiger partial charge on any atom is -0.481 e. The Morgan fingerprint density at radius 2 is 1.96 bits per heavy atom. The quantitative estimate of drug-likeness (QED) is 0.845. The van der Waals surface area contributed by atoms with Gasteiger partial charge in [0.25, 0.3) is 0 Å². The van der Waals surface area contributed by atoms with Crippen LogP contribution >= 0.6 is 0 Å². The standard InChI is InChI=1S/C19H27NO3/c1-14-7-6-8-16(11-14)19(9-4-3-5-10-19)18(23)20-13-15(2)12-17(21)22/h6-8,11,15H,3-5,9-10,12-13H2,1-2H3,(H,20,23)(H,21,22). The zero-order valence-electron chi connectivity index (χ0n) is 14.1. The summed E-state index contributed by atoms with van der Waals surface area (Å²) >= 11 is 0. The fraction of sp³-hybridized carbons (Fsp3) is 0.579. The van der Waals surface area contributed by atoms with Crippen LogP contribution in [0.15, 0.2) is 24.3 Å². The second-order valence-electron chi connectivity index (χ2n) is 6.93. The molecule has 4 heteroatoms. The smallest absolute Gasteiger partial charge is 0.303 e. The Morgan fingerprint density at radius 3 is 2.57 bits per heavy atom. The molecule has 1 aliphatic rings. The van der Waals surface area contributed by atoms with E-state index in [4.69, 9.17) is 5.11 Å². The molecule has 0 aliphatic heterocycles. The minimum absolute atomic E-state index is 0.0556. The predicted octanol–water partition coefficient (Wildman–Crippen LogP) is 3.42. The van der Waals surface area contributed by atoms with Crippen LogP contribution in [0, 0.1) is 12.8 Å². The first-order valence-electron chi connectivity index (χ1n) is 8.51. The van der Waals surface area contributed by atoms with Crippen LogP contribution in [-0.4, -0.2) is 23.5 Å². The maximum Gasteiger partial charge on any atom is 0.303 e. The molecule has 126 valence electrons. The van der Waals surface area contributed by atoms with Crippen LogP contribution in [-0.2, 0) is 15.0 Å². The van der Waals surface area contributed by atoms with E-state index in [0.717, 1.165) is 31.2 Å². The number of aryl methyl sites for hydroxylation is 1. The first-order valence-corrected chi connectivity index (χ1v) is 8.51.